The van der Waals surface area contributed by atoms with Crippen molar-refractivity contribution in [2.45, 2.75) is 26.3 Å². The number of carboxylic acids is 1. The molecule has 0 aromatic heterocycles. The molecule has 2 amide bonds. The van der Waals surface area contributed by atoms with Gasteiger partial charge in [0.1, 0.15) is 6.04 Å². The predicted molar refractivity (Wildman–Crippen MR) is 61.8 cm³/mol. The SMILES string of the molecule is CC[C@H](NC(=O)NCCS(=O)CC)C(=O)O. The summed E-state index contributed by atoms with van der Waals surface area (Å²) >= 11 is 0. The Hall–Kier alpha value is -1.11. The van der Waals surface area contributed by atoms with E-state index >= 15 is 0 Å². The van der Waals surface area contributed by atoms with E-state index in [-0.39, 0.29) is 6.54 Å². The van der Waals surface area contributed by atoms with E-state index in [4.69, 9.17) is 5.11 Å². The van der Waals surface area contributed by atoms with Gasteiger partial charge >= 0.3 is 12.0 Å². The molecule has 0 radical (unpaired) electrons. The Balaban J connectivity index is 3.81. The quantitative estimate of drug-likeness (QED) is 0.589. The summed E-state index contributed by atoms with van der Waals surface area (Å²) in [5.74, 6) is -0.126. The van der Waals surface area contributed by atoms with Crippen molar-refractivity contribution in [3.05, 3.63) is 0 Å². The van der Waals surface area contributed by atoms with Crippen LogP contribution >= 0.6 is 0 Å². The molecule has 0 aliphatic heterocycles. The Kier molecular flexibility index (Phi) is 7.53. The molecule has 0 saturated heterocycles. The lowest BCUT2D eigenvalue weighted by atomic mass is 10.2. The second kappa shape index (κ2) is 8.09. The fraction of sp³-hybridized carbons (Fsp3) is 0.778. The molecule has 0 aromatic carbocycles. The Morgan fingerprint density at radius 2 is 2.00 bits per heavy atom. The minimum Gasteiger partial charge on any atom is -0.480 e. The van der Waals surface area contributed by atoms with E-state index in [1.165, 1.54) is 0 Å². The van der Waals surface area contributed by atoms with Crippen molar-refractivity contribution >= 4 is 22.8 Å². The van der Waals surface area contributed by atoms with Crippen LogP contribution in [0.2, 0.25) is 0 Å². The molecule has 0 spiro atoms. The standard InChI is InChI=1S/C9H18N2O4S/c1-3-7(8(12)13)11-9(14)10-5-6-16(15)4-2/h7H,3-6H2,1-2H3,(H,12,13)(H2,10,11,14)/t7-,16?/m0/s1. The molecule has 0 aliphatic carbocycles. The molecule has 0 aromatic rings. The zero-order valence-corrected chi connectivity index (χ0v) is 10.3. The molecule has 0 bridgehead atoms. The van der Waals surface area contributed by atoms with Gasteiger partial charge in [-0.25, -0.2) is 9.59 Å². The number of urea groups is 1. The smallest absolute Gasteiger partial charge is 0.326 e. The summed E-state index contributed by atoms with van der Waals surface area (Å²) in [6.45, 7) is 3.75. The molecular formula is C9H18N2O4S. The molecule has 7 heteroatoms. The van der Waals surface area contributed by atoms with Gasteiger partial charge in [0.25, 0.3) is 0 Å². The van der Waals surface area contributed by atoms with Gasteiger partial charge in [-0.1, -0.05) is 13.8 Å². The first-order valence-electron chi connectivity index (χ1n) is 5.13. The maximum atomic E-state index is 11.2. The van der Waals surface area contributed by atoms with Crippen molar-refractivity contribution in [2.75, 3.05) is 18.1 Å². The second-order valence-corrected chi connectivity index (χ2v) is 5.00. The Morgan fingerprint density at radius 1 is 1.38 bits per heavy atom. The first-order chi connectivity index (χ1) is 7.51. The fourth-order valence-corrected chi connectivity index (χ4v) is 1.59. The molecule has 0 aliphatic rings. The number of rotatable bonds is 7. The molecule has 0 rings (SSSR count). The van der Waals surface area contributed by atoms with E-state index < -0.39 is 28.8 Å². The average molecular weight is 250 g/mol. The third kappa shape index (κ3) is 6.39. The van der Waals surface area contributed by atoms with Crippen LogP contribution in [0.5, 0.6) is 0 Å². The lowest BCUT2D eigenvalue weighted by molar-refractivity contribution is -0.139. The number of amides is 2. The van der Waals surface area contributed by atoms with Gasteiger partial charge in [0.05, 0.1) is 0 Å². The van der Waals surface area contributed by atoms with Gasteiger partial charge in [0, 0.05) is 28.9 Å². The summed E-state index contributed by atoms with van der Waals surface area (Å²) < 4.78 is 11.0. The Morgan fingerprint density at radius 3 is 2.44 bits per heavy atom. The van der Waals surface area contributed by atoms with Crippen molar-refractivity contribution in [3.8, 4) is 0 Å². The van der Waals surface area contributed by atoms with Gasteiger partial charge in [-0.2, -0.15) is 0 Å². The van der Waals surface area contributed by atoms with E-state index in [0.717, 1.165) is 0 Å². The fourth-order valence-electron chi connectivity index (χ4n) is 0.970. The molecule has 0 saturated carbocycles. The molecular weight excluding hydrogens is 232 g/mol. The predicted octanol–water partition coefficient (Wildman–Crippen LogP) is -0.0826. The first kappa shape index (κ1) is 14.9. The van der Waals surface area contributed by atoms with Crippen LogP contribution in [0.15, 0.2) is 0 Å². The normalized spacial score (nSPS) is 13.9. The summed E-state index contributed by atoms with van der Waals surface area (Å²) in [5, 5.41) is 13.5. The average Bonchev–Trinajstić information content (AvgIpc) is 2.25. The third-order valence-corrected chi connectivity index (χ3v) is 3.25. The molecule has 6 nitrogen and oxygen atoms in total. The summed E-state index contributed by atoms with van der Waals surface area (Å²) in [6, 6.07) is -1.42. The Labute approximate surface area is 97.3 Å². The molecule has 2 atom stereocenters. The van der Waals surface area contributed by atoms with Crippen molar-refractivity contribution in [1.29, 1.82) is 0 Å². The number of carbonyl (C=O) groups is 2. The van der Waals surface area contributed by atoms with Gasteiger partial charge in [0.2, 0.25) is 0 Å². The van der Waals surface area contributed by atoms with E-state index in [1.54, 1.807) is 13.8 Å². The van der Waals surface area contributed by atoms with Crippen LogP contribution in [0.3, 0.4) is 0 Å². The second-order valence-electron chi connectivity index (χ2n) is 3.13. The summed E-state index contributed by atoms with van der Waals surface area (Å²) in [7, 11) is -0.925. The summed E-state index contributed by atoms with van der Waals surface area (Å²) in [5.41, 5.74) is 0. The topological polar surface area (TPSA) is 95.5 Å². The highest BCUT2D eigenvalue weighted by Gasteiger charge is 2.16. The van der Waals surface area contributed by atoms with E-state index in [9.17, 15) is 13.8 Å². The van der Waals surface area contributed by atoms with Crippen LogP contribution < -0.4 is 10.6 Å². The van der Waals surface area contributed by atoms with Crippen LogP contribution in [0.1, 0.15) is 20.3 Å². The van der Waals surface area contributed by atoms with Crippen LogP contribution in [-0.4, -0.2) is 45.4 Å². The van der Waals surface area contributed by atoms with Gasteiger partial charge in [-0.15, -0.1) is 0 Å². The first-order valence-corrected chi connectivity index (χ1v) is 6.62. The van der Waals surface area contributed by atoms with E-state index in [1.807, 2.05) is 0 Å². The lowest BCUT2D eigenvalue weighted by Gasteiger charge is -2.12. The molecule has 94 valence electrons. The highest BCUT2D eigenvalue weighted by atomic mass is 32.2. The van der Waals surface area contributed by atoms with E-state index in [0.29, 0.717) is 17.9 Å². The molecule has 0 heterocycles. The van der Waals surface area contributed by atoms with Gasteiger partial charge in [0.15, 0.2) is 0 Å². The highest BCUT2D eigenvalue weighted by Crippen LogP contribution is 1.90. The number of carboxylic acid groups (broad SMARTS) is 1. The third-order valence-electron chi connectivity index (χ3n) is 1.95. The van der Waals surface area contributed by atoms with Crippen LogP contribution in [0, 0.1) is 0 Å². The number of hydrogen-bond acceptors (Lipinski definition) is 3. The zero-order valence-electron chi connectivity index (χ0n) is 9.49. The van der Waals surface area contributed by atoms with Crippen molar-refractivity contribution < 1.29 is 18.9 Å². The van der Waals surface area contributed by atoms with E-state index in [2.05, 4.69) is 10.6 Å². The van der Waals surface area contributed by atoms with Crippen molar-refractivity contribution in [2.24, 2.45) is 0 Å². The number of nitrogens with one attached hydrogen (secondary N) is 2. The Bertz CT molecular complexity index is 270. The minimum atomic E-state index is -1.06. The minimum absolute atomic E-state index is 0.280. The highest BCUT2D eigenvalue weighted by molar-refractivity contribution is 7.84. The number of aliphatic carboxylic acids is 1. The van der Waals surface area contributed by atoms with Crippen LogP contribution in [0.25, 0.3) is 0 Å². The number of carbonyl (C=O) groups excluding carboxylic acids is 1. The zero-order chi connectivity index (χ0) is 12.6. The molecule has 16 heavy (non-hydrogen) atoms. The van der Waals surface area contributed by atoms with Gasteiger partial charge in [-0.05, 0) is 6.42 Å². The maximum absolute atomic E-state index is 11.2. The maximum Gasteiger partial charge on any atom is 0.326 e. The van der Waals surface area contributed by atoms with Crippen LogP contribution in [0.4, 0.5) is 4.79 Å². The van der Waals surface area contributed by atoms with Gasteiger partial charge < -0.3 is 15.7 Å². The summed E-state index contributed by atoms with van der Waals surface area (Å²) in [6.07, 6.45) is 0.323. The van der Waals surface area contributed by atoms with Gasteiger partial charge in [-0.3, -0.25) is 4.21 Å². The number of hydrogen-bond donors (Lipinski definition) is 3. The lowest BCUT2D eigenvalue weighted by Crippen LogP contribution is -2.46. The molecule has 3 N–H and O–H groups in total. The van der Waals surface area contributed by atoms with Crippen molar-refractivity contribution in [1.82, 2.24) is 10.6 Å². The van der Waals surface area contributed by atoms with Crippen molar-refractivity contribution in [3.63, 3.8) is 0 Å². The molecule has 0 fully saturated rings. The monoisotopic (exact) mass is 250 g/mol. The summed E-state index contributed by atoms with van der Waals surface area (Å²) in [4.78, 5) is 21.8. The molecule has 1 unspecified atom stereocenters. The largest absolute Gasteiger partial charge is 0.480 e. The van der Waals surface area contributed by atoms with Crippen LogP contribution in [-0.2, 0) is 15.6 Å².